The minimum Gasteiger partial charge on any atom is -0.323 e. The lowest BCUT2D eigenvalue weighted by molar-refractivity contribution is 0.436. The van der Waals surface area contributed by atoms with Crippen molar-refractivity contribution >= 4 is 14.3 Å². The van der Waals surface area contributed by atoms with E-state index in [2.05, 4.69) is 30.3 Å². The number of hydrogen-bond donors (Lipinski definition) is 0. The average Bonchev–Trinajstić information content (AvgIpc) is 2.97. The van der Waals surface area contributed by atoms with Gasteiger partial charge in [-0.2, -0.15) is 0 Å². The summed E-state index contributed by atoms with van der Waals surface area (Å²) in [5.74, 6) is 0. The Morgan fingerprint density at radius 3 is 1.28 bits per heavy atom. The largest absolute Gasteiger partial charge is 0.323 e. The van der Waals surface area contributed by atoms with Crippen LogP contribution in [0, 0.1) is 0 Å². The molecular formula is C32H52O2P2. The highest BCUT2D eigenvalue weighted by molar-refractivity contribution is 7.69. The molecule has 0 spiro atoms. The molecule has 5 rings (SSSR count). The Morgan fingerprint density at radius 2 is 0.889 bits per heavy atom. The van der Waals surface area contributed by atoms with Crippen molar-refractivity contribution in [2.75, 3.05) is 6.16 Å². The van der Waals surface area contributed by atoms with Crippen LogP contribution in [0.1, 0.15) is 140 Å². The normalized spacial score (nSPS) is 25.6. The Kier molecular flexibility index (Phi) is 9.61. The maximum atomic E-state index is 15.9. The van der Waals surface area contributed by atoms with E-state index >= 15 is 9.13 Å². The highest BCUT2D eigenvalue weighted by Gasteiger charge is 2.51. The van der Waals surface area contributed by atoms with E-state index in [4.69, 9.17) is 0 Å². The molecule has 4 aliphatic rings. The third-order valence-electron chi connectivity index (χ3n) is 10.8. The Balaban J connectivity index is 1.58. The highest BCUT2D eigenvalue weighted by atomic mass is 31.2. The van der Waals surface area contributed by atoms with Crippen LogP contribution in [-0.2, 0) is 9.13 Å². The fourth-order valence-corrected chi connectivity index (χ4v) is 19.6. The van der Waals surface area contributed by atoms with Crippen molar-refractivity contribution in [2.24, 2.45) is 0 Å². The maximum Gasteiger partial charge on any atom is 0.101 e. The Morgan fingerprint density at radius 1 is 0.528 bits per heavy atom. The van der Waals surface area contributed by atoms with Crippen LogP contribution in [0.3, 0.4) is 0 Å². The van der Waals surface area contributed by atoms with Gasteiger partial charge in [-0.05, 0) is 56.9 Å². The van der Waals surface area contributed by atoms with Gasteiger partial charge in [0.2, 0.25) is 0 Å². The van der Waals surface area contributed by atoms with Gasteiger partial charge in [0.1, 0.15) is 7.14 Å². The van der Waals surface area contributed by atoms with Crippen molar-refractivity contribution in [3.8, 4) is 0 Å². The molecule has 2 nitrogen and oxygen atoms in total. The quantitative estimate of drug-likeness (QED) is 0.313. The monoisotopic (exact) mass is 530 g/mol. The predicted octanol–water partition coefficient (Wildman–Crippen LogP) is 10.8. The second kappa shape index (κ2) is 12.7. The van der Waals surface area contributed by atoms with E-state index in [1.807, 2.05) is 0 Å². The molecule has 4 heteroatoms. The van der Waals surface area contributed by atoms with Gasteiger partial charge in [0.05, 0.1) is 7.14 Å². The Labute approximate surface area is 221 Å². The predicted molar refractivity (Wildman–Crippen MR) is 157 cm³/mol. The first-order valence-corrected chi connectivity index (χ1v) is 19.8. The van der Waals surface area contributed by atoms with Gasteiger partial charge in [-0.1, -0.05) is 107 Å². The molecule has 0 N–H and O–H groups in total. The lowest BCUT2D eigenvalue weighted by Crippen LogP contribution is -2.31. The molecule has 0 saturated heterocycles. The van der Waals surface area contributed by atoms with Crippen LogP contribution < -0.4 is 0 Å². The van der Waals surface area contributed by atoms with Crippen LogP contribution in [0.4, 0.5) is 0 Å². The minimum absolute atomic E-state index is 0.0274. The van der Waals surface area contributed by atoms with Crippen molar-refractivity contribution in [3.63, 3.8) is 0 Å². The summed E-state index contributed by atoms with van der Waals surface area (Å²) in [6.07, 6.45) is 25.2. The lowest BCUT2D eigenvalue weighted by Gasteiger charge is -2.46. The SMILES string of the molecule is O=P(CC(c1ccccc1)P(=O)(C1CCCCC1)C1CCCCC1)(C1CCCCC1)C1CCCCC1. The molecule has 36 heavy (non-hydrogen) atoms. The molecule has 1 aromatic carbocycles. The average molecular weight is 531 g/mol. The van der Waals surface area contributed by atoms with Gasteiger partial charge in [0.15, 0.2) is 0 Å². The van der Waals surface area contributed by atoms with Crippen LogP contribution in [0.5, 0.6) is 0 Å². The van der Waals surface area contributed by atoms with Crippen molar-refractivity contribution in [2.45, 2.75) is 157 Å². The summed E-state index contributed by atoms with van der Waals surface area (Å²) in [5, 5.41) is 0. The van der Waals surface area contributed by atoms with E-state index < -0.39 is 14.3 Å². The number of hydrogen-bond acceptors (Lipinski definition) is 2. The topological polar surface area (TPSA) is 34.1 Å². The zero-order valence-electron chi connectivity index (χ0n) is 22.8. The van der Waals surface area contributed by atoms with Crippen molar-refractivity contribution < 1.29 is 9.13 Å². The molecule has 0 heterocycles. The summed E-state index contributed by atoms with van der Waals surface area (Å²) in [6, 6.07) is 10.9. The molecule has 0 aromatic heterocycles. The summed E-state index contributed by atoms with van der Waals surface area (Å²) in [6.45, 7) is 0. The molecule has 0 radical (unpaired) electrons. The first kappa shape index (κ1) is 27.3. The third-order valence-corrected chi connectivity index (χ3v) is 20.3. The van der Waals surface area contributed by atoms with Gasteiger partial charge >= 0.3 is 0 Å². The molecule has 4 saturated carbocycles. The van der Waals surface area contributed by atoms with E-state index in [1.165, 1.54) is 82.6 Å². The van der Waals surface area contributed by atoms with Crippen molar-refractivity contribution in [3.05, 3.63) is 35.9 Å². The maximum absolute atomic E-state index is 15.9. The summed E-state index contributed by atoms with van der Waals surface area (Å²) < 4.78 is 31.5. The van der Waals surface area contributed by atoms with E-state index in [9.17, 15) is 0 Å². The third kappa shape index (κ3) is 5.81. The van der Waals surface area contributed by atoms with E-state index in [0.29, 0.717) is 22.6 Å². The molecular weight excluding hydrogens is 478 g/mol. The van der Waals surface area contributed by atoms with Crippen molar-refractivity contribution in [1.82, 2.24) is 0 Å². The summed E-state index contributed by atoms with van der Waals surface area (Å²) in [4.78, 5) is 0. The molecule has 1 unspecified atom stereocenters. The molecule has 4 aliphatic carbocycles. The summed E-state index contributed by atoms with van der Waals surface area (Å²) >= 11 is 0. The second-order valence-corrected chi connectivity index (χ2v) is 20.0. The molecule has 0 aliphatic heterocycles. The van der Waals surface area contributed by atoms with E-state index in [-0.39, 0.29) is 5.66 Å². The lowest BCUT2D eigenvalue weighted by atomic mass is 9.99. The van der Waals surface area contributed by atoms with Gasteiger partial charge in [0.25, 0.3) is 0 Å². The first-order chi connectivity index (χ1) is 17.6. The number of benzene rings is 1. The molecule has 1 aromatic rings. The van der Waals surface area contributed by atoms with Gasteiger partial charge < -0.3 is 9.13 Å². The van der Waals surface area contributed by atoms with Crippen LogP contribution in [0.25, 0.3) is 0 Å². The van der Waals surface area contributed by atoms with E-state index in [1.54, 1.807) is 0 Å². The van der Waals surface area contributed by atoms with Crippen LogP contribution in [0.2, 0.25) is 0 Å². The molecule has 4 fully saturated rings. The van der Waals surface area contributed by atoms with Crippen molar-refractivity contribution in [1.29, 1.82) is 0 Å². The van der Waals surface area contributed by atoms with E-state index in [0.717, 1.165) is 57.5 Å². The highest BCUT2D eigenvalue weighted by Crippen LogP contribution is 2.76. The van der Waals surface area contributed by atoms with Gasteiger partial charge in [-0.25, -0.2) is 0 Å². The molecule has 202 valence electrons. The summed E-state index contributed by atoms with van der Waals surface area (Å²) in [5.41, 5.74) is 2.82. The Hall–Kier alpha value is -0.320. The van der Waals surface area contributed by atoms with Crippen LogP contribution in [0.15, 0.2) is 30.3 Å². The zero-order valence-corrected chi connectivity index (χ0v) is 24.6. The Bertz CT molecular complexity index is 844. The molecule has 1 atom stereocenters. The number of rotatable bonds is 8. The zero-order chi connectivity index (χ0) is 24.8. The fraction of sp³-hybridized carbons (Fsp3) is 0.812. The molecule has 0 amide bonds. The fourth-order valence-electron chi connectivity index (χ4n) is 8.82. The first-order valence-electron chi connectivity index (χ1n) is 15.8. The van der Waals surface area contributed by atoms with Crippen LogP contribution in [-0.4, -0.2) is 28.8 Å². The van der Waals surface area contributed by atoms with Gasteiger partial charge in [0, 0.05) is 34.5 Å². The standard InChI is InChI=1S/C32H52O2P2/c33-35(28-18-8-2-9-19-28,29-20-10-3-11-21-29)26-32(27-16-6-1-7-17-27)36(34,30-22-12-4-13-23-30)31-24-14-5-15-25-31/h1,6-7,16-17,28-32H,2-5,8-15,18-26H2. The van der Waals surface area contributed by atoms with Gasteiger partial charge in [-0.3, -0.25) is 0 Å². The molecule has 0 bridgehead atoms. The smallest absolute Gasteiger partial charge is 0.101 e. The van der Waals surface area contributed by atoms with Crippen LogP contribution >= 0.6 is 14.3 Å². The summed E-state index contributed by atoms with van der Waals surface area (Å²) in [7, 11) is -5.04. The second-order valence-electron chi connectivity index (χ2n) is 12.9. The van der Waals surface area contributed by atoms with Gasteiger partial charge in [-0.15, -0.1) is 0 Å². The minimum atomic E-state index is -2.57.